The molecular formula is C18H21N3O. The summed E-state index contributed by atoms with van der Waals surface area (Å²) in [6.45, 7) is 4.94. The molecule has 2 aromatic rings. The van der Waals surface area contributed by atoms with E-state index in [4.69, 9.17) is 0 Å². The van der Waals surface area contributed by atoms with Crippen LogP contribution in [0, 0.1) is 0 Å². The SMILES string of the molecule is CC(=O)N1CCN(Cc2cccnc2)[C@@H](c2ccccc2)C1. The molecule has 4 heteroatoms. The highest BCUT2D eigenvalue weighted by molar-refractivity contribution is 5.73. The van der Waals surface area contributed by atoms with Crippen LogP contribution in [0.25, 0.3) is 0 Å². The van der Waals surface area contributed by atoms with Gasteiger partial charge in [-0.1, -0.05) is 36.4 Å². The number of hydrogen-bond donors (Lipinski definition) is 0. The summed E-state index contributed by atoms with van der Waals surface area (Å²) in [5, 5.41) is 0. The number of benzene rings is 1. The zero-order valence-corrected chi connectivity index (χ0v) is 12.9. The largest absolute Gasteiger partial charge is 0.340 e. The first-order chi connectivity index (χ1) is 10.7. The first-order valence-electron chi connectivity index (χ1n) is 7.67. The van der Waals surface area contributed by atoms with Gasteiger partial charge >= 0.3 is 0 Å². The van der Waals surface area contributed by atoms with Crippen molar-refractivity contribution >= 4 is 5.91 Å². The molecular weight excluding hydrogens is 274 g/mol. The third kappa shape index (κ3) is 3.34. The second-order valence-corrected chi connectivity index (χ2v) is 5.72. The van der Waals surface area contributed by atoms with Crippen molar-refractivity contribution in [2.24, 2.45) is 0 Å². The van der Waals surface area contributed by atoms with Gasteiger partial charge in [-0.25, -0.2) is 0 Å². The molecule has 22 heavy (non-hydrogen) atoms. The maximum Gasteiger partial charge on any atom is 0.219 e. The van der Waals surface area contributed by atoms with E-state index >= 15 is 0 Å². The Balaban J connectivity index is 1.82. The standard InChI is InChI=1S/C18H21N3O/c1-15(22)20-10-11-21(13-16-6-5-9-19-12-16)18(14-20)17-7-3-2-4-8-17/h2-9,12,18H,10-11,13-14H2,1H3/t18-/m1/s1. The molecule has 0 radical (unpaired) electrons. The highest BCUT2D eigenvalue weighted by Crippen LogP contribution is 2.27. The van der Waals surface area contributed by atoms with Gasteiger partial charge in [0.05, 0.1) is 6.04 Å². The van der Waals surface area contributed by atoms with Gasteiger partial charge in [0.25, 0.3) is 0 Å². The Morgan fingerprint density at radius 1 is 1.18 bits per heavy atom. The smallest absolute Gasteiger partial charge is 0.219 e. The van der Waals surface area contributed by atoms with Crippen LogP contribution in [-0.2, 0) is 11.3 Å². The number of hydrogen-bond acceptors (Lipinski definition) is 3. The number of carbonyl (C=O) groups is 1. The molecule has 1 aromatic carbocycles. The minimum atomic E-state index is 0.155. The van der Waals surface area contributed by atoms with Gasteiger partial charge in [0.2, 0.25) is 5.91 Å². The topological polar surface area (TPSA) is 36.4 Å². The molecule has 114 valence electrons. The Hall–Kier alpha value is -2.20. The van der Waals surface area contributed by atoms with E-state index in [1.807, 2.05) is 23.2 Å². The van der Waals surface area contributed by atoms with Gasteiger partial charge in [0.1, 0.15) is 0 Å². The molecule has 0 unspecified atom stereocenters. The predicted octanol–water partition coefficient (Wildman–Crippen LogP) is 2.49. The summed E-state index contributed by atoms with van der Waals surface area (Å²) >= 11 is 0. The Morgan fingerprint density at radius 2 is 2.00 bits per heavy atom. The number of carbonyl (C=O) groups excluding carboxylic acids is 1. The molecule has 1 aliphatic rings. The first-order valence-corrected chi connectivity index (χ1v) is 7.67. The number of nitrogens with zero attached hydrogens (tertiary/aromatic N) is 3. The van der Waals surface area contributed by atoms with Gasteiger partial charge in [-0.15, -0.1) is 0 Å². The maximum absolute atomic E-state index is 11.7. The lowest BCUT2D eigenvalue weighted by atomic mass is 10.0. The minimum absolute atomic E-state index is 0.155. The van der Waals surface area contributed by atoms with Gasteiger partial charge in [-0.05, 0) is 17.2 Å². The second-order valence-electron chi connectivity index (χ2n) is 5.72. The van der Waals surface area contributed by atoms with E-state index in [2.05, 4.69) is 40.2 Å². The molecule has 2 heterocycles. The lowest BCUT2D eigenvalue weighted by Crippen LogP contribution is -2.49. The summed E-state index contributed by atoms with van der Waals surface area (Å²) in [5.74, 6) is 0.155. The normalized spacial score (nSPS) is 19.1. The van der Waals surface area contributed by atoms with Crippen LogP contribution >= 0.6 is 0 Å². The van der Waals surface area contributed by atoms with Crippen molar-refractivity contribution in [1.82, 2.24) is 14.8 Å². The summed E-state index contributed by atoms with van der Waals surface area (Å²) in [7, 11) is 0. The Labute approximate surface area is 131 Å². The molecule has 1 aliphatic heterocycles. The van der Waals surface area contributed by atoms with E-state index in [1.165, 1.54) is 11.1 Å². The number of piperazine rings is 1. The van der Waals surface area contributed by atoms with Gasteiger partial charge in [0.15, 0.2) is 0 Å². The van der Waals surface area contributed by atoms with Crippen LogP contribution < -0.4 is 0 Å². The van der Waals surface area contributed by atoms with Crippen molar-refractivity contribution in [3.63, 3.8) is 0 Å². The second kappa shape index (κ2) is 6.71. The highest BCUT2D eigenvalue weighted by atomic mass is 16.2. The van der Waals surface area contributed by atoms with Crippen molar-refractivity contribution in [3.8, 4) is 0 Å². The van der Waals surface area contributed by atoms with Gasteiger partial charge < -0.3 is 4.90 Å². The van der Waals surface area contributed by atoms with Gasteiger partial charge in [-0.2, -0.15) is 0 Å². The average molecular weight is 295 g/mol. The fourth-order valence-corrected chi connectivity index (χ4v) is 3.01. The summed E-state index contributed by atoms with van der Waals surface area (Å²) in [6, 6.07) is 14.7. The molecule has 0 saturated carbocycles. The summed E-state index contributed by atoms with van der Waals surface area (Å²) < 4.78 is 0. The lowest BCUT2D eigenvalue weighted by Gasteiger charge is -2.41. The van der Waals surface area contributed by atoms with E-state index in [1.54, 1.807) is 13.1 Å². The van der Waals surface area contributed by atoms with Gasteiger partial charge in [-0.3, -0.25) is 14.7 Å². The van der Waals surface area contributed by atoms with Crippen molar-refractivity contribution in [2.45, 2.75) is 19.5 Å². The van der Waals surface area contributed by atoms with Crippen molar-refractivity contribution in [3.05, 3.63) is 66.0 Å². The van der Waals surface area contributed by atoms with E-state index < -0.39 is 0 Å². The molecule has 1 aromatic heterocycles. The fraction of sp³-hybridized carbons (Fsp3) is 0.333. The molecule has 1 fully saturated rings. The fourth-order valence-electron chi connectivity index (χ4n) is 3.01. The Kier molecular flexibility index (Phi) is 4.49. The number of pyridine rings is 1. The van der Waals surface area contributed by atoms with Crippen LogP contribution in [0.5, 0.6) is 0 Å². The molecule has 0 bridgehead atoms. The van der Waals surface area contributed by atoms with Crippen molar-refractivity contribution in [1.29, 1.82) is 0 Å². The summed E-state index contributed by atoms with van der Waals surface area (Å²) in [6.07, 6.45) is 3.71. The van der Waals surface area contributed by atoms with Crippen LogP contribution in [0.3, 0.4) is 0 Å². The number of rotatable bonds is 3. The molecule has 1 atom stereocenters. The van der Waals surface area contributed by atoms with Crippen LogP contribution in [0.2, 0.25) is 0 Å². The van der Waals surface area contributed by atoms with E-state index in [0.717, 1.165) is 26.2 Å². The molecule has 0 aliphatic carbocycles. The van der Waals surface area contributed by atoms with E-state index in [-0.39, 0.29) is 11.9 Å². The molecule has 1 saturated heterocycles. The quantitative estimate of drug-likeness (QED) is 0.873. The molecule has 0 spiro atoms. The van der Waals surface area contributed by atoms with Crippen LogP contribution in [0.4, 0.5) is 0 Å². The van der Waals surface area contributed by atoms with Crippen LogP contribution in [0.1, 0.15) is 24.1 Å². The minimum Gasteiger partial charge on any atom is -0.340 e. The van der Waals surface area contributed by atoms with Crippen molar-refractivity contribution in [2.75, 3.05) is 19.6 Å². The third-order valence-corrected chi connectivity index (χ3v) is 4.23. The predicted molar refractivity (Wildman–Crippen MR) is 86.1 cm³/mol. The van der Waals surface area contributed by atoms with E-state index in [9.17, 15) is 4.79 Å². The van der Waals surface area contributed by atoms with Crippen LogP contribution in [0.15, 0.2) is 54.9 Å². The molecule has 1 amide bonds. The highest BCUT2D eigenvalue weighted by Gasteiger charge is 2.29. The number of aromatic nitrogens is 1. The zero-order valence-electron chi connectivity index (χ0n) is 12.9. The molecule has 4 nitrogen and oxygen atoms in total. The maximum atomic E-state index is 11.7. The monoisotopic (exact) mass is 295 g/mol. The molecule has 0 N–H and O–H groups in total. The van der Waals surface area contributed by atoms with E-state index in [0.29, 0.717) is 0 Å². The van der Waals surface area contributed by atoms with Gasteiger partial charge in [0, 0.05) is 45.5 Å². The third-order valence-electron chi connectivity index (χ3n) is 4.23. The zero-order chi connectivity index (χ0) is 15.4. The van der Waals surface area contributed by atoms with Crippen molar-refractivity contribution < 1.29 is 4.79 Å². The number of amides is 1. The average Bonchev–Trinajstić information content (AvgIpc) is 2.57. The first kappa shape index (κ1) is 14.7. The Bertz CT molecular complexity index is 615. The lowest BCUT2D eigenvalue weighted by molar-refractivity contribution is -0.132. The Morgan fingerprint density at radius 3 is 2.68 bits per heavy atom. The summed E-state index contributed by atoms with van der Waals surface area (Å²) in [5.41, 5.74) is 2.47. The molecule has 3 rings (SSSR count). The summed E-state index contributed by atoms with van der Waals surface area (Å²) in [4.78, 5) is 20.3. The van der Waals surface area contributed by atoms with Crippen LogP contribution in [-0.4, -0.2) is 40.3 Å².